The van der Waals surface area contributed by atoms with Crippen LogP contribution < -0.4 is 0 Å². The van der Waals surface area contributed by atoms with Gasteiger partial charge in [-0.15, -0.1) is 0 Å². The van der Waals surface area contributed by atoms with Gasteiger partial charge >= 0.3 is 0 Å². The fraction of sp³-hybridized carbons (Fsp3) is 0.632. The highest BCUT2D eigenvalue weighted by Gasteiger charge is 2.27. The standard InChI is InChI=1S/C19H29NO3S/c1-19(2,3)15-10-12-17(13-11-15)24(22,23)14-18(21)20(4)16-8-6-5-7-9-16/h10-13,16H,5-9,14H2,1-4H3. The summed E-state index contributed by atoms with van der Waals surface area (Å²) < 4.78 is 25.1. The average molecular weight is 352 g/mol. The zero-order valence-corrected chi connectivity index (χ0v) is 16.0. The lowest BCUT2D eigenvalue weighted by molar-refractivity contribution is -0.129. The second kappa shape index (κ2) is 7.26. The summed E-state index contributed by atoms with van der Waals surface area (Å²) in [7, 11) is -1.86. The van der Waals surface area contributed by atoms with Gasteiger partial charge in [-0.2, -0.15) is 0 Å². The summed E-state index contributed by atoms with van der Waals surface area (Å²) >= 11 is 0. The molecule has 1 aliphatic carbocycles. The highest BCUT2D eigenvalue weighted by atomic mass is 32.2. The summed E-state index contributed by atoms with van der Waals surface area (Å²) in [5, 5.41) is 0. The molecule has 0 atom stereocenters. The molecule has 134 valence electrons. The van der Waals surface area contributed by atoms with Gasteiger partial charge < -0.3 is 4.90 Å². The number of nitrogens with zero attached hydrogens (tertiary/aromatic N) is 1. The molecular formula is C19H29NO3S. The predicted octanol–water partition coefficient (Wildman–Crippen LogP) is 3.55. The Morgan fingerprint density at radius 2 is 1.62 bits per heavy atom. The molecule has 2 rings (SSSR count). The Bertz CT molecular complexity index is 666. The van der Waals surface area contributed by atoms with Crippen molar-refractivity contribution in [1.29, 1.82) is 0 Å². The second-order valence-electron chi connectivity index (χ2n) is 7.83. The monoisotopic (exact) mass is 351 g/mol. The summed E-state index contributed by atoms with van der Waals surface area (Å²) in [6, 6.07) is 7.09. The highest BCUT2D eigenvalue weighted by molar-refractivity contribution is 7.92. The third-order valence-corrected chi connectivity index (χ3v) is 6.53. The lowest BCUT2D eigenvalue weighted by Crippen LogP contribution is -2.41. The molecule has 0 aromatic heterocycles. The minimum Gasteiger partial charge on any atom is -0.342 e. The maximum Gasteiger partial charge on any atom is 0.238 e. The van der Waals surface area contributed by atoms with E-state index >= 15 is 0 Å². The Labute approximate surface area is 146 Å². The molecular weight excluding hydrogens is 322 g/mol. The molecule has 0 radical (unpaired) electrons. The number of sulfone groups is 1. The zero-order chi connectivity index (χ0) is 18.0. The molecule has 0 spiro atoms. The number of carbonyl (C=O) groups excluding carboxylic acids is 1. The van der Waals surface area contributed by atoms with E-state index in [1.165, 1.54) is 6.42 Å². The molecule has 0 bridgehead atoms. The van der Waals surface area contributed by atoms with Crippen molar-refractivity contribution in [3.05, 3.63) is 29.8 Å². The Balaban J connectivity index is 2.08. The number of hydrogen-bond donors (Lipinski definition) is 0. The molecule has 1 fully saturated rings. The van der Waals surface area contributed by atoms with E-state index in [1.54, 1.807) is 24.1 Å². The molecule has 1 aliphatic rings. The summed E-state index contributed by atoms with van der Waals surface area (Å²) in [6.07, 6.45) is 5.38. The summed E-state index contributed by atoms with van der Waals surface area (Å²) in [4.78, 5) is 14.3. The van der Waals surface area contributed by atoms with Gasteiger partial charge in [-0.3, -0.25) is 4.79 Å². The van der Waals surface area contributed by atoms with E-state index in [0.29, 0.717) is 0 Å². The lowest BCUT2D eigenvalue weighted by Gasteiger charge is -2.31. The first-order valence-electron chi connectivity index (χ1n) is 8.70. The molecule has 0 unspecified atom stereocenters. The second-order valence-corrected chi connectivity index (χ2v) is 9.82. The third kappa shape index (κ3) is 4.59. The first-order chi connectivity index (χ1) is 11.1. The topological polar surface area (TPSA) is 54.5 Å². The highest BCUT2D eigenvalue weighted by Crippen LogP contribution is 2.25. The average Bonchev–Trinajstić information content (AvgIpc) is 2.54. The molecule has 4 nitrogen and oxygen atoms in total. The Hall–Kier alpha value is -1.36. The minimum absolute atomic E-state index is 0.0285. The quantitative estimate of drug-likeness (QED) is 0.833. The molecule has 0 aliphatic heterocycles. The van der Waals surface area contributed by atoms with Crippen molar-refractivity contribution >= 4 is 15.7 Å². The minimum atomic E-state index is -3.60. The number of rotatable bonds is 4. The number of amides is 1. The van der Waals surface area contributed by atoms with E-state index in [-0.39, 0.29) is 22.3 Å². The fourth-order valence-electron chi connectivity index (χ4n) is 3.18. The maximum atomic E-state index is 12.5. The van der Waals surface area contributed by atoms with E-state index in [2.05, 4.69) is 20.8 Å². The number of carbonyl (C=O) groups is 1. The normalized spacial score (nSPS) is 16.8. The largest absolute Gasteiger partial charge is 0.342 e. The van der Waals surface area contributed by atoms with E-state index in [9.17, 15) is 13.2 Å². The Kier molecular flexibility index (Phi) is 5.74. The van der Waals surface area contributed by atoms with E-state index in [4.69, 9.17) is 0 Å². The molecule has 1 saturated carbocycles. The van der Waals surface area contributed by atoms with Crippen molar-refractivity contribution in [2.24, 2.45) is 0 Å². The van der Waals surface area contributed by atoms with Crippen molar-refractivity contribution < 1.29 is 13.2 Å². The van der Waals surface area contributed by atoms with Gasteiger partial charge in [0.05, 0.1) is 4.90 Å². The van der Waals surface area contributed by atoms with Crippen LogP contribution in [0.3, 0.4) is 0 Å². The number of benzene rings is 1. The van der Waals surface area contributed by atoms with Crippen LogP contribution in [0.25, 0.3) is 0 Å². The molecule has 24 heavy (non-hydrogen) atoms. The van der Waals surface area contributed by atoms with Gasteiger partial charge in [0.1, 0.15) is 5.75 Å². The lowest BCUT2D eigenvalue weighted by atomic mass is 9.87. The van der Waals surface area contributed by atoms with Crippen LogP contribution in [0.1, 0.15) is 58.4 Å². The van der Waals surface area contributed by atoms with Crippen molar-refractivity contribution in [2.75, 3.05) is 12.8 Å². The Morgan fingerprint density at radius 1 is 1.08 bits per heavy atom. The summed E-state index contributed by atoms with van der Waals surface area (Å²) in [5.74, 6) is -0.753. The van der Waals surface area contributed by atoms with Gasteiger partial charge in [0.25, 0.3) is 0 Å². The fourth-order valence-corrected chi connectivity index (χ4v) is 4.43. The molecule has 5 heteroatoms. The zero-order valence-electron chi connectivity index (χ0n) is 15.2. The molecule has 0 N–H and O–H groups in total. The third-order valence-electron chi connectivity index (χ3n) is 4.91. The maximum absolute atomic E-state index is 12.5. The first-order valence-corrected chi connectivity index (χ1v) is 10.4. The van der Waals surface area contributed by atoms with Crippen LogP contribution >= 0.6 is 0 Å². The van der Waals surface area contributed by atoms with Crippen molar-refractivity contribution in [3.63, 3.8) is 0 Å². The van der Waals surface area contributed by atoms with Crippen LogP contribution in [0, 0.1) is 0 Å². The molecule has 0 heterocycles. The van der Waals surface area contributed by atoms with Crippen molar-refractivity contribution in [2.45, 2.75) is 69.2 Å². The van der Waals surface area contributed by atoms with Gasteiger partial charge in [0.15, 0.2) is 9.84 Å². The van der Waals surface area contributed by atoms with E-state index in [0.717, 1.165) is 31.2 Å². The van der Waals surface area contributed by atoms with Crippen LogP contribution in [0.4, 0.5) is 0 Å². The summed E-state index contributed by atoms with van der Waals surface area (Å²) in [5.41, 5.74) is 1.05. The molecule has 1 aromatic rings. The van der Waals surface area contributed by atoms with Gasteiger partial charge in [-0.05, 0) is 36.0 Å². The predicted molar refractivity (Wildman–Crippen MR) is 96.8 cm³/mol. The van der Waals surface area contributed by atoms with Crippen LogP contribution in [-0.2, 0) is 20.0 Å². The molecule has 1 aromatic carbocycles. The molecule has 0 saturated heterocycles. The van der Waals surface area contributed by atoms with Crippen molar-refractivity contribution in [1.82, 2.24) is 4.90 Å². The first kappa shape index (κ1) is 19.0. The van der Waals surface area contributed by atoms with Gasteiger partial charge in [0.2, 0.25) is 5.91 Å². The van der Waals surface area contributed by atoms with Crippen LogP contribution in [0.5, 0.6) is 0 Å². The van der Waals surface area contributed by atoms with Gasteiger partial charge in [-0.25, -0.2) is 8.42 Å². The van der Waals surface area contributed by atoms with Gasteiger partial charge in [0, 0.05) is 13.1 Å². The van der Waals surface area contributed by atoms with E-state index in [1.807, 2.05) is 12.1 Å². The summed E-state index contributed by atoms with van der Waals surface area (Å²) in [6.45, 7) is 6.25. The van der Waals surface area contributed by atoms with Crippen LogP contribution in [-0.4, -0.2) is 38.1 Å². The Morgan fingerprint density at radius 3 is 2.12 bits per heavy atom. The van der Waals surface area contributed by atoms with Crippen LogP contribution in [0.2, 0.25) is 0 Å². The van der Waals surface area contributed by atoms with Crippen molar-refractivity contribution in [3.8, 4) is 0 Å². The molecule has 1 amide bonds. The number of hydrogen-bond acceptors (Lipinski definition) is 3. The smallest absolute Gasteiger partial charge is 0.238 e. The van der Waals surface area contributed by atoms with Crippen LogP contribution in [0.15, 0.2) is 29.2 Å². The van der Waals surface area contributed by atoms with E-state index < -0.39 is 15.6 Å². The SMILES string of the molecule is CN(C(=O)CS(=O)(=O)c1ccc(C(C)(C)C)cc1)C1CCCCC1. The van der Waals surface area contributed by atoms with Gasteiger partial charge in [-0.1, -0.05) is 52.2 Å².